The van der Waals surface area contributed by atoms with Crippen molar-refractivity contribution in [1.29, 1.82) is 0 Å². The lowest BCUT2D eigenvalue weighted by molar-refractivity contribution is -0.125. The van der Waals surface area contributed by atoms with Crippen LogP contribution >= 0.6 is 0 Å². The topological polar surface area (TPSA) is 123 Å². The van der Waals surface area contributed by atoms with Crippen molar-refractivity contribution >= 4 is 11.8 Å². The summed E-state index contributed by atoms with van der Waals surface area (Å²) >= 11 is 0. The number of aliphatic hydroxyl groups excluding tert-OH is 2. The third-order valence-corrected chi connectivity index (χ3v) is 8.19. The van der Waals surface area contributed by atoms with Crippen molar-refractivity contribution in [3.63, 3.8) is 0 Å². The fraction of sp³-hybridized carbons (Fsp3) is 0.923. The van der Waals surface area contributed by atoms with Crippen molar-refractivity contribution in [2.75, 3.05) is 13.1 Å². The highest BCUT2D eigenvalue weighted by molar-refractivity contribution is 5.82. The highest BCUT2D eigenvalue weighted by Crippen LogP contribution is 2.25. The second kappa shape index (κ2) is 13.8. The highest BCUT2D eigenvalue weighted by atomic mass is 16.3. The molecule has 8 nitrogen and oxygen atoms in total. The molecule has 2 aliphatic heterocycles. The predicted molar refractivity (Wildman–Crippen MR) is 133 cm³/mol. The third-order valence-electron chi connectivity index (χ3n) is 8.19. The molecular formula is C26H48N4O4. The van der Waals surface area contributed by atoms with Crippen LogP contribution in [0.3, 0.4) is 0 Å². The van der Waals surface area contributed by atoms with Crippen LogP contribution in [0.1, 0.15) is 90.9 Å². The van der Waals surface area contributed by atoms with E-state index in [-0.39, 0.29) is 48.2 Å². The Labute approximate surface area is 205 Å². The van der Waals surface area contributed by atoms with Crippen molar-refractivity contribution in [3.8, 4) is 0 Å². The molecule has 0 radical (unpaired) electrons. The summed E-state index contributed by atoms with van der Waals surface area (Å²) in [4.78, 5) is 24.0. The number of carbonyl (C=O) groups excluding carboxylic acids is 2. The minimum atomic E-state index is -0.184. The smallest absolute Gasteiger partial charge is 0.237 e. The van der Waals surface area contributed by atoms with Crippen molar-refractivity contribution in [1.82, 2.24) is 21.3 Å². The Hall–Kier alpha value is -1.22. The van der Waals surface area contributed by atoms with Crippen LogP contribution in [0.4, 0.5) is 0 Å². The van der Waals surface area contributed by atoms with Gasteiger partial charge in [-0.25, -0.2) is 0 Å². The Morgan fingerprint density at radius 2 is 1.06 bits per heavy atom. The number of amides is 2. The van der Waals surface area contributed by atoms with Crippen LogP contribution in [0.25, 0.3) is 0 Å². The van der Waals surface area contributed by atoms with Gasteiger partial charge in [0.15, 0.2) is 0 Å². The van der Waals surface area contributed by atoms with Gasteiger partial charge in [0.2, 0.25) is 11.8 Å². The van der Waals surface area contributed by atoms with Crippen LogP contribution in [-0.4, -0.2) is 71.5 Å². The molecule has 2 saturated heterocycles. The molecule has 6 N–H and O–H groups in total. The summed E-state index contributed by atoms with van der Waals surface area (Å²) in [7, 11) is 0. The van der Waals surface area contributed by atoms with Crippen LogP contribution in [0.2, 0.25) is 0 Å². The molecule has 2 saturated carbocycles. The van der Waals surface area contributed by atoms with Crippen molar-refractivity contribution in [2.24, 2.45) is 11.8 Å². The van der Waals surface area contributed by atoms with Crippen LogP contribution in [0.5, 0.6) is 0 Å². The number of hydrogen-bond acceptors (Lipinski definition) is 6. The third kappa shape index (κ3) is 8.47. The van der Waals surface area contributed by atoms with E-state index in [1.807, 2.05) is 0 Å². The molecule has 0 unspecified atom stereocenters. The number of piperidine rings is 2. The molecule has 2 aliphatic carbocycles. The Balaban J connectivity index is 0.000000191. The predicted octanol–water partition coefficient (Wildman–Crippen LogP) is 1.59. The molecule has 8 atom stereocenters. The van der Waals surface area contributed by atoms with E-state index < -0.39 is 0 Å². The van der Waals surface area contributed by atoms with Gasteiger partial charge in [0, 0.05) is 12.1 Å². The Morgan fingerprint density at radius 1 is 0.647 bits per heavy atom. The lowest BCUT2D eigenvalue weighted by Gasteiger charge is -2.33. The maximum atomic E-state index is 12.0. The average Bonchev–Trinajstić information content (AvgIpc) is 2.85. The summed E-state index contributed by atoms with van der Waals surface area (Å²) in [6.07, 6.45) is 11.4. The first-order chi connectivity index (χ1) is 16.3. The molecule has 0 spiro atoms. The SMILES string of the molecule is C[C@@H]1C[C@H](NC(=O)[C@H]2CCCCN2)CC[C@H]1O.C[C@H]1C[C@@H](NC(=O)[C@H]2CCCCN2)CC[C@@H]1O. The maximum absolute atomic E-state index is 12.0. The van der Waals surface area contributed by atoms with E-state index in [2.05, 4.69) is 35.1 Å². The molecule has 0 aromatic heterocycles. The fourth-order valence-electron chi connectivity index (χ4n) is 5.78. The standard InChI is InChI=1S/2C13H24N2O2/c2*1-9-8-10(5-6-12(9)16)15-13(17)11-4-2-3-7-14-11/h2*9-12,14,16H,2-8H2,1H3,(H,15,17)/t9-,10-,11+,12-;9-,10-,11-,12-/m01/s1. The summed E-state index contributed by atoms with van der Waals surface area (Å²) < 4.78 is 0. The molecule has 0 bridgehead atoms. The summed E-state index contributed by atoms with van der Waals surface area (Å²) in [6, 6.07) is 0.520. The molecule has 4 aliphatic rings. The van der Waals surface area contributed by atoms with Crippen LogP contribution in [-0.2, 0) is 9.59 Å². The van der Waals surface area contributed by atoms with Crippen molar-refractivity contribution in [3.05, 3.63) is 0 Å². The zero-order chi connectivity index (χ0) is 24.5. The van der Waals surface area contributed by atoms with E-state index in [0.717, 1.165) is 77.3 Å². The van der Waals surface area contributed by atoms with Gasteiger partial charge < -0.3 is 31.5 Å². The van der Waals surface area contributed by atoms with Crippen LogP contribution in [0, 0.1) is 11.8 Å². The van der Waals surface area contributed by atoms with Gasteiger partial charge in [-0.15, -0.1) is 0 Å². The first-order valence-corrected chi connectivity index (χ1v) is 13.8. The minimum absolute atomic E-state index is 0.00547. The van der Waals surface area contributed by atoms with Crippen LogP contribution in [0.15, 0.2) is 0 Å². The summed E-state index contributed by atoms with van der Waals surface area (Å²) in [6.45, 7) is 6.03. The Bertz CT molecular complexity index is 582. The Kier molecular flexibility index (Phi) is 11.1. The normalized spacial score (nSPS) is 38.7. The first kappa shape index (κ1) is 27.4. The Morgan fingerprint density at radius 3 is 1.38 bits per heavy atom. The number of rotatable bonds is 4. The molecule has 8 heteroatoms. The molecule has 196 valence electrons. The second-order valence-corrected chi connectivity index (χ2v) is 11.1. The zero-order valence-electron chi connectivity index (χ0n) is 21.2. The zero-order valence-corrected chi connectivity index (χ0v) is 21.2. The summed E-state index contributed by atoms with van der Waals surface area (Å²) in [5.74, 6) is 0.901. The van der Waals surface area contributed by atoms with Gasteiger partial charge in [0.25, 0.3) is 0 Å². The van der Waals surface area contributed by atoms with E-state index in [4.69, 9.17) is 0 Å². The maximum Gasteiger partial charge on any atom is 0.237 e. The van der Waals surface area contributed by atoms with Crippen LogP contribution < -0.4 is 21.3 Å². The highest BCUT2D eigenvalue weighted by Gasteiger charge is 2.30. The van der Waals surface area contributed by atoms with E-state index in [0.29, 0.717) is 11.8 Å². The molecular weight excluding hydrogens is 432 g/mol. The van der Waals surface area contributed by atoms with Gasteiger partial charge in [-0.1, -0.05) is 26.7 Å². The molecule has 0 aromatic carbocycles. The molecule has 2 heterocycles. The largest absolute Gasteiger partial charge is 0.393 e. The number of nitrogens with one attached hydrogen (secondary N) is 4. The number of hydrogen-bond donors (Lipinski definition) is 6. The van der Waals surface area contributed by atoms with Gasteiger partial charge in [-0.3, -0.25) is 9.59 Å². The van der Waals surface area contributed by atoms with Crippen molar-refractivity contribution < 1.29 is 19.8 Å². The fourth-order valence-corrected chi connectivity index (χ4v) is 5.78. The lowest BCUT2D eigenvalue weighted by atomic mass is 9.84. The monoisotopic (exact) mass is 480 g/mol. The van der Waals surface area contributed by atoms with Gasteiger partial charge in [0.1, 0.15) is 0 Å². The lowest BCUT2D eigenvalue weighted by Crippen LogP contribution is -2.51. The van der Waals surface area contributed by atoms with Crippen molar-refractivity contribution in [2.45, 2.75) is 127 Å². The first-order valence-electron chi connectivity index (χ1n) is 13.8. The van der Waals surface area contributed by atoms with Gasteiger partial charge in [-0.05, 0) is 89.1 Å². The van der Waals surface area contributed by atoms with E-state index in [9.17, 15) is 19.8 Å². The van der Waals surface area contributed by atoms with Gasteiger partial charge >= 0.3 is 0 Å². The van der Waals surface area contributed by atoms with E-state index in [1.165, 1.54) is 12.8 Å². The minimum Gasteiger partial charge on any atom is -0.393 e. The number of aliphatic hydroxyl groups is 2. The van der Waals surface area contributed by atoms with Gasteiger partial charge in [-0.2, -0.15) is 0 Å². The second-order valence-electron chi connectivity index (χ2n) is 11.1. The summed E-state index contributed by atoms with van der Waals surface area (Å²) in [5.41, 5.74) is 0. The molecule has 4 fully saturated rings. The van der Waals surface area contributed by atoms with E-state index >= 15 is 0 Å². The number of carbonyl (C=O) groups is 2. The molecule has 2 amide bonds. The molecule has 4 rings (SSSR count). The van der Waals surface area contributed by atoms with Gasteiger partial charge in [0.05, 0.1) is 24.3 Å². The van der Waals surface area contributed by atoms with E-state index in [1.54, 1.807) is 0 Å². The quantitative estimate of drug-likeness (QED) is 0.363. The molecule has 34 heavy (non-hydrogen) atoms. The summed E-state index contributed by atoms with van der Waals surface area (Å²) in [5, 5.41) is 32.1. The average molecular weight is 481 g/mol. The molecule has 0 aromatic rings.